The third-order valence-corrected chi connectivity index (χ3v) is 2.68. The number of hydrogen-bond donors (Lipinski definition) is 0. The Morgan fingerprint density at radius 1 is 1.50 bits per heavy atom. The summed E-state index contributed by atoms with van der Waals surface area (Å²) in [6.45, 7) is 2.16. The van der Waals surface area contributed by atoms with Gasteiger partial charge in [-0.2, -0.15) is 5.10 Å². The van der Waals surface area contributed by atoms with E-state index >= 15 is 0 Å². The molecule has 1 aliphatic carbocycles. The number of rotatable bonds is 2. The van der Waals surface area contributed by atoms with Crippen LogP contribution in [-0.2, 0) is 13.5 Å². The van der Waals surface area contributed by atoms with Crippen LogP contribution in [0.1, 0.15) is 31.2 Å². The predicted molar refractivity (Wildman–Crippen MR) is 58.9 cm³/mol. The van der Waals surface area contributed by atoms with E-state index in [0.717, 1.165) is 25.0 Å². The summed E-state index contributed by atoms with van der Waals surface area (Å²) in [4.78, 5) is 0. The van der Waals surface area contributed by atoms with Gasteiger partial charge in [0.25, 0.3) is 0 Å². The first-order chi connectivity index (χ1) is 6.81. The van der Waals surface area contributed by atoms with Gasteiger partial charge in [-0.3, -0.25) is 4.68 Å². The third-order valence-electron chi connectivity index (χ3n) is 2.68. The van der Waals surface area contributed by atoms with Crippen LogP contribution in [0.2, 0.25) is 0 Å². The van der Waals surface area contributed by atoms with Crippen LogP contribution in [0, 0.1) is 0 Å². The largest absolute Gasteiger partial charge is 0.272 e. The first-order valence-electron chi connectivity index (χ1n) is 5.20. The molecule has 0 atom stereocenters. The second-order valence-corrected chi connectivity index (χ2v) is 3.66. The molecular weight excluding hydrogens is 172 g/mol. The van der Waals surface area contributed by atoms with E-state index in [1.54, 1.807) is 0 Å². The maximum Gasteiger partial charge on any atom is 0.0885 e. The van der Waals surface area contributed by atoms with Crippen molar-refractivity contribution >= 4 is 5.57 Å². The van der Waals surface area contributed by atoms with E-state index in [1.165, 1.54) is 11.3 Å². The lowest BCUT2D eigenvalue weighted by atomic mass is 10.0. The molecule has 2 nitrogen and oxygen atoms in total. The molecule has 1 heterocycles. The van der Waals surface area contributed by atoms with E-state index in [2.05, 4.69) is 36.3 Å². The minimum absolute atomic E-state index is 1.05. The minimum atomic E-state index is 1.05. The summed E-state index contributed by atoms with van der Waals surface area (Å²) in [6.07, 6.45) is 9.81. The topological polar surface area (TPSA) is 17.8 Å². The number of hydrogen-bond acceptors (Lipinski definition) is 1. The van der Waals surface area contributed by atoms with Gasteiger partial charge in [-0.15, -0.1) is 0 Å². The van der Waals surface area contributed by atoms with Crippen molar-refractivity contribution in [3.8, 4) is 0 Å². The second-order valence-electron chi connectivity index (χ2n) is 3.66. The average molecular weight is 188 g/mol. The van der Waals surface area contributed by atoms with Crippen LogP contribution in [0.4, 0.5) is 0 Å². The van der Waals surface area contributed by atoms with Crippen LogP contribution < -0.4 is 0 Å². The van der Waals surface area contributed by atoms with Crippen LogP contribution in [0.5, 0.6) is 0 Å². The van der Waals surface area contributed by atoms with Crippen molar-refractivity contribution < 1.29 is 0 Å². The first-order valence-corrected chi connectivity index (χ1v) is 5.20. The molecule has 74 valence electrons. The lowest BCUT2D eigenvalue weighted by Gasteiger charge is -2.04. The number of nitrogens with zero attached hydrogens (tertiary/aromatic N) is 2. The number of aromatic nitrogens is 2. The van der Waals surface area contributed by atoms with E-state index in [9.17, 15) is 0 Å². The fourth-order valence-corrected chi connectivity index (χ4v) is 1.81. The zero-order valence-electron chi connectivity index (χ0n) is 8.83. The Morgan fingerprint density at radius 2 is 2.36 bits per heavy atom. The van der Waals surface area contributed by atoms with Gasteiger partial charge in [0.15, 0.2) is 0 Å². The molecule has 0 fully saturated rings. The van der Waals surface area contributed by atoms with Crippen LogP contribution in [0.15, 0.2) is 24.3 Å². The molecule has 0 radical (unpaired) electrons. The van der Waals surface area contributed by atoms with Gasteiger partial charge in [-0.25, -0.2) is 0 Å². The van der Waals surface area contributed by atoms with Gasteiger partial charge in [0.1, 0.15) is 0 Å². The minimum Gasteiger partial charge on any atom is -0.272 e. The summed E-state index contributed by atoms with van der Waals surface area (Å²) >= 11 is 0. The van der Waals surface area contributed by atoms with Crippen LogP contribution in [0.25, 0.3) is 5.57 Å². The maximum absolute atomic E-state index is 4.52. The van der Waals surface area contributed by atoms with Crippen molar-refractivity contribution in [2.45, 2.75) is 26.2 Å². The van der Waals surface area contributed by atoms with Crippen molar-refractivity contribution in [1.29, 1.82) is 0 Å². The second kappa shape index (κ2) is 3.82. The Morgan fingerprint density at radius 3 is 2.93 bits per heavy atom. The molecule has 0 aliphatic heterocycles. The molecule has 14 heavy (non-hydrogen) atoms. The standard InChI is InChI=1S/C12H16N2/c1-3-11-9-12(13-14(11)2)10-7-5-4-6-8-10/h4-5,7,9H,3,6,8H2,1-2H3. The smallest absolute Gasteiger partial charge is 0.0885 e. The fourth-order valence-electron chi connectivity index (χ4n) is 1.81. The van der Waals surface area contributed by atoms with Gasteiger partial charge in [-0.05, 0) is 30.9 Å². The van der Waals surface area contributed by atoms with Crippen molar-refractivity contribution in [3.05, 3.63) is 35.7 Å². The lowest BCUT2D eigenvalue weighted by molar-refractivity contribution is 0.714. The van der Waals surface area contributed by atoms with Crippen LogP contribution in [0.3, 0.4) is 0 Å². The molecule has 0 saturated carbocycles. The Labute approximate surface area is 84.9 Å². The van der Waals surface area contributed by atoms with Crippen molar-refractivity contribution in [1.82, 2.24) is 9.78 Å². The van der Waals surface area contributed by atoms with Crippen molar-refractivity contribution in [2.24, 2.45) is 7.05 Å². The highest BCUT2D eigenvalue weighted by Crippen LogP contribution is 2.22. The van der Waals surface area contributed by atoms with E-state index < -0.39 is 0 Å². The maximum atomic E-state index is 4.52. The highest BCUT2D eigenvalue weighted by atomic mass is 15.3. The summed E-state index contributed by atoms with van der Waals surface area (Å²) in [5, 5.41) is 4.52. The Bertz CT molecular complexity index is 383. The molecule has 1 aliphatic rings. The zero-order chi connectivity index (χ0) is 9.97. The van der Waals surface area contributed by atoms with Gasteiger partial charge in [0, 0.05) is 12.7 Å². The molecule has 0 aromatic carbocycles. The zero-order valence-corrected chi connectivity index (χ0v) is 8.83. The van der Waals surface area contributed by atoms with Crippen molar-refractivity contribution in [2.75, 3.05) is 0 Å². The average Bonchev–Trinajstić information content (AvgIpc) is 2.61. The van der Waals surface area contributed by atoms with Gasteiger partial charge in [0.05, 0.1) is 5.69 Å². The molecular formula is C12H16N2. The summed E-state index contributed by atoms with van der Waals surface area (Å²) in [5.41, 5.74) is 3.81. The molecule has 0 spiro atoms. The summed E-state index contributed by atoms with van der Waals surface area (Å²) in [6, 6.07) is 2.20. The Kier molecular flexibility index (Phi) is 2.53. The van der Waals surface area contributed by atoms with E-state index in [-0.39, 0.29) is 0 Å². The molecule has 0 bridgehead atoms. The summed E-state index contributed by atoms with van der Waals surface area (Å²) in [5.74, 6) is 0. The molecule has 0 N–H and O–H groups in total. The quantitative estimate of drug-likeness (QED) is 0.697. The Hall–Kier alpha value is -1.31. The number of allylic oxidation sites excluding steroid dienone is 4. The first kappa shape index (κ1) is 9.25. The summed E-state index contributed by atoms with van der Waals surface area (Å²) in [7, 11) is 2.02. The van der Waals surface area contributed by atoms with Gasteiger partial charge >= 0.3 is 0 Å². The molecule has 2 rings (SSSR count). The van der Waals surface area contributed by atoms with Gasteiger partial charge in [-0.1, -0.05) is 25.2 Å². The molecule has 2 heteroatoms. The van der Waals surface area contributed by atoms with E-state index in [4.69, 9.17) is 0 Å². The monoisotopic (exact) mass is 188 g/mol. The highest BCUT2D eigenvalue weighted by molar-refractivity contribution is 5.65. The van der Waals surface area contributed by atoms with Gasteiger partial charge in [0.2, 0.25) is 0 Å². The van der Waals surface area contributed by atoms with Crippen LogP contribution >= 0.6 is 0 Å². The van der Waals surface area contributed by atoms with E-state index in [0.29, 0.717) is 0 Å². The molecule has 1 aromatic rings. The summed E-state index contributed by atoms with van der Waals surface area (Å²) < 4.78 is 1.98. The SMILES string of the molecule is CCc1cc(C2=CC=CCC2)nn1C. The molecule has 0 unspecified atom stereocenters. The Balaban J connectivity index is 2.32. The molecule has 0 saturated heterocycles. The van der Waals surface area contributed by atoms with Crippen LogP contribution in [-0.4, -0.2) is 9.78 Å². The fraction of sp³-hybridized carbons (Fsp3) is 0.417. The van der Waals surface area contributed by atoms with Gasteiger partial charge < -0.3 is 0 Å². The molecule has 1 aromatic heterocycles. The highest BCUT2D eigenvalue weighted by Gasteiger charge is 2.08. The predicted octanol–water partition coefficient (Wildman–Crippen LogP) is 2.72. The molecule has 0 amide bonds. The lowest BCUT2D eigenvalue weighted by Crippen LogP contribution is -1.96. The van der Waals surface area contributed by atoms with Crippen molar-refractivity contribution in [3.63, 3.8) is 0 Å². The third kappa shape index (κ3) is 1.65. The number of aryl methyl sites for hydroxylation is 2. The van der Waals surface area contributed by atoms with E-state index in [1.807, 2.05) is 11.7 Å². The normalized spacial score (nSPS) is 15.7.